The van der Waals surface area contributed by atoms with E-state index in [9.17, 15) is 4.79 Å². The maximum atomic E-state index is 13.3. The zero-order valence-electron chi connectivity index (χ0n) is 16.0. The summed E-state index contributed by atoms with van der Waals surface area (Å²) in [6, 6.07) is 25.9. The molecule has 1 aliphatic rings. The fourth-order valence-corrected chi connectivity index (χ4v) is 3.66. The molecule has 3 aromatic rings. The first-order valence-corrected chi connectivity index (χ1v) is 9.70. The molecule has 0 spiro atoms. The SMILES string of the molecule is CCOc1ccccc1C1Nc2ccccc2C(=O)N1CCc1ccccc1. The number of para-hydroxylation sites is 2. The first kappa shape index (κ1) is 18.1. The maximum absolute atomic E-state index is 13.3. The second kappa shape index (κ2) is 8.17. The number of ether oxygens (including phenoxy) is 1. The predicted octanol–water partition coefficient (Wildman–Crippen LogP) is 4.89. The summed E-state index contributed by atoms with van der Waals surface area (Å²) in [5.74, 6) is 0.848. The van der Waals surface area contributed by atoms with Crippen LogP contribution in [-0.2, 0) is 6.42 Å². The van der Waals surface area contributed by atoms with Gasteiger partial charge in [-0.25, -0.2) is 0 Å². The summed E-state index contributed by atoms with van der Waals surface area (Å²) in [5.41, 5.74) is 3.76. The van der Waals surface area contributed by atoms with Crippen molar-refractivity contribution in [3.63, 3.8) is 0 Å². The Morgan fingerprint density at radius 3 is 2.46 bits per heavy atom. The molecule has 0 saturated carbocycles. The highest BCUT2D eigenvalue weighted by atomic mass is 16.5. The minimum absolute atomic E-state index is 0.0431. The van der Waals surface area contributed by atoms with Crippen molar-refractivity contribution in [2.75, 3.05) is 18.5 Å². The molecule has 142 valence electrons. The molecular formula is C24H24N2O2. The zero-order chi connectivity index (χ0) is 19.3. The number of rotatable bonds is 6. The summed E-state index contributed by atoms with van der Waals surface area (Å²) in [5, 5.41) is 3.55. The minimum Gasteiger partial charge on any atom is -0.493 e. The standard InChI is InChI=1S/C24H24N2O2/c1-2-28-22-15-9-7-13-20(22)23-25-21-14-8-6-12-19(21)24(27)26(23)17-16-18-10-4-3-5-11-18/h3-15,23,25H,2,16-17H2,1H3. The van der Waals surface area contributed by atoms with Crippen LogP contribution in [0.4, 0.5) is 5.69 Å². The van der Waals surface area contributed by atoms with E-state index >= 15 is 0 Å². The number of carbonyl (C=O) groups excluding carboxylic acids is 1. The van der Waals surface area contributed by atoms with Crippen molar-refractivity contribution < 1.29 is 9.53 Å². The van der Waals surface area contributed by atoms with Gasteiger partial charge in [-0.3, -0.25) is 4.79 Å². The molecule has 0 aliphatic carbocycles. The minimum atomic E-state index is -0.270. The Kier molecular flexibility index (Phi) is 5.29. The molecule has 0 saturated heterocycles. The highest BCUT2D eigenvalue weighted by Crippen LogP contribution is 2.36. The zero-order valence-corrected chi connectivity index (χ0v) is 16.0. The van der Waals surface area contributed by atoms with Crippen LogP contribution in [0.15, 0.2) is 78.9 Å². The van der Waals surface area contributed by atoms with E-state index in [0.717, 1.165) is 23.4 Å². The van der Waals surface area contributed by atoms with E-state index in [1.807, 2.05) is 78.6 Å². The lowest BCUT2D eigenvalue weighted by atomic mass is 10.0. The molecule has 1 unspecified atom stereocenters. The second-order valence-electron chi connectivity index (χ2n) is 6.80. The fraction of sp³-hybridized carbons (Fsp3) is 0.208. The number of hydrogen-bond acceptors (Lipinski definition) is 3. The van der Waals surface area contributed by atoms with Crippen molar-refractivity contribution in [1.29, 1.82) is 0 Å². The Morgan fingerprint density at radius 2 is 1.64 bits per heavy atom. The lowest BCUT2D eigenvalue weighted by molar-refractivity contribution is 0.0683. The van der Waals surface area contributed by atoms with E-state index in [2.05, 4.69) is 17.4 Å². The molecule has 1 atom stereocenters. The van der Waals surface area contributed by atoms with Crippen molar-refractivity contribution in [1.82, 2.24) is 4.90 Å². The van der Waals surface area contributed by atoms with Crippen molar-refractivity contribution in [3.8, 4) is 5.75 Å². The second-order valence-corrected chi connectivity index (χ2v) is 6.80. The number of fused-ring (bicyclic) bond motifs is 1. The van der Waals surface area contributed by atoms with Crippen molar-refractivity contribution >= 4 is 11.6 Å². The van der Waals surface area contributed by atoms with Crippen LogP contribution in [0.3, 0.4) is 0 Å². The number of carbonyl (C=O) groups is 1. The third-order valence-corrected chi connectivity index (χ3v) is 5.02. The van der Waals surface area contributed by atoms with Crippen molar-refractivity contribution in [2.45, 2.75) is 19.5 Å². The first-order valence-electron chi connectivity index (χ1n) is 9.70. The summed E-state index contributed by atoms with van der Waals surface area (Å²) in [7, 11) is 0. The van der Waals surface area contributed by atoms with Gasteiger partial charge < -0.3 is 15.0 Å². The molecule has 0 radical (unpaired) electrons. The number of hydrogen-bond donors (Lipinski definition) is 1. The van der Waals surface area contributed by atoms with Gasteiger partial charge in [0.05, 0.1) is 12.2 Å². The first-order chi connectivity index (χ1) is 13.8. The van der Waals surface area contributed by atoms with Gasteiger partial charge in [0.15, 0.2) is 0 Å². The van der Waals surface area contributed by atoms with Crippen LogP contribution in [0.2, 0.25) is 0 Å². The Labute approximate surface area is 165 Å². The number of benzene rings is 3. The van der Waals surface area contributed by atoms with E-state index < -0.39 is 0 Å². The van der Waals surface area contributed by atoms with Crippen LogP contribution >= 0.6 is 0 Å². The van der Waals surface area contributed by atoms with Crippen LogP contribution in [-0.4, -0.2) is 24.0 Å². The highest BCUT2D eigenvalue weighted by Gasteiger charge is 2.33. The molecule has 28 heavy (non-hydrogen) atoms. The summed E-state index contributed by atoms with van der Waals surface area (Å²) in [4.78, 5) is 15.2. The van der Waals surface area contributed by atoms with Crippen LogP contribution in [0.25, 0.3) is 0 Å². The Hall–Kier alpha value is -3.27. The molecule has 0 fully saturated rings. The molecule has 1 N–H and O–H groups in total. The van der Waals surface area contributed by atoms with Crippen LogP contribution < -0.4 is 10.1 Å². The highest BCUT2D eigenvalue weighted by molar-refractivity contribution is 6.01. The van der Waals surface area contributed by atoms with Gasteiger partial charge in [-0.05, 0) is 37.1 Å². The Bertz CT molecular complexity index is 956. The third kappa shape index (κ3) is 3.58. The van der Waals surface area contributed by atoms with Gasteiger partial charge in [-0.15, -0.1) is 0 Å². The summed E-state index contributed by atoms with van der Waals surface area (Å²) < 4.78 is 5.85. The van der Waals surface area contributed by atoms with Gasteiger partial charge in [0.1, 0.15) is 11.9 Å². The molecule has 1 amide bonds. The van der Waals surface area contributed by atoms with E-state index in [4.69, 9.17) is 4.74 Å². The lowest BCUT2D eigenvalue weighted by Crippen LogP contribution is -2.44. The van der Waals surface area contributed by atoms with Gasteiger partial charge in [-0.2, -0.15) is 0 Å². The molecule has 0 bridgehead atoms. The molecule has 4 heteroatoms. The van der Waals surface area contributed by atoms with Gasteiger partial charge in [0.2, 0.25) is 0 Å². The van der Waals surface area contributed by atoms with Gasteiger partial charge >= 0.3 is 0 Å². The molecule has 3 aromatic carbocycles. The molecule has 1 heterocycles. The normalized spacial score (nSPS) is 15.7. The van der Waals surface area contributed by atoms with Crippen molar-refractivity contribution in [2.24, 2.45) is 0 Å². The third-order valence-electron chi connectivity index (χ3n) is 5.02. The molecular weight excluding hydrogens is 348 g/mol. The number of amides is 1. The van der Waals surface area contributed by atoms with Gasteiger partial charge in [-0.1, -0.05) is 60.7 Å². The molecule has 1 aliphatic heterocycles. The summed E-state index contributed by atoms with van der Waals surface area (Å²) >= 11 is 0. The van der Waals surface area contributed by atoms with E-state index in [1.165, 1.54) is 5.56 Å². The molecule has 0 aromatic heterocycles. The van der Waals surface area contributed by atoms with Crippen molar-refractivity contribution in [3.05, 3.63) is 95.6 Å². The van der Waals surface area contributed by atoms with Crippen LogP contribution in [0.1, 0.15) is 34.6 Å². The topological polar surface area (TPSA) is 41.6 Å². The van der Waals surface area contributed by atoms with Gasteiger partial charge in [0, 0.05) is 17.8 Å². The number of nitrogens with zero attached hydrogens (tertiary/aromatic N) is 1. The largest absolute Gasteiger partial charge is 0.493 e. The molecule has 4 rings (SSSR count). The van der Waals surface area contributed by atoms with Crippen LogP contribution in [0, 0.1) is 0 Å². The quantitative estimate of drug-likeness (QED) is 0.669. The van der Waals surface area contributed by atoms with E-state index in [1.54, 1.807) is 0 Å². The average Bonchev–Trinajstić information content (AvgIpc) is 2.74. The summed E-state index contributed by atoms with van der Waals surface area (Å²) in [6.45, 7) is 3.17. The van der Waals surface area contributed by atoms with E-state index in [0.29, 0.717) is 18.7 Å². The van der Waals surface area contributed by atoms with Crippen LogP contribution in [0.5, 0.6) is 5.75 Å². The van der Waals surface area contributed by atoms with Gasteiger partial charge in [0.25, 0.3) is 5.91 Å². The Balaban J connectivity index is 1.70. The summed E-state index contributed by atoms with van der Waals surface area (Å²) in [6.07, 6.45) is 0.526. The smallest absolute Gasteiger partial charge is 0.257 e. The average molecular weight is 372 g/mol. The molecule has 4 nitrogen and oxygen atoms in total. The predicted molar refractivity (Wildman–Crippen MR) is 112 cm³/mol. The maximum Gasteiger partial charge on any atom is 0.257 e. The number of anilines is 1. The van der Waals surface area contributed by atoms with E-state index in [-0.39, 0.29) is 12.1 Å². The Morgan fingerprint density at radius 1 is 0.929 bits per heavy atom. The fourth-order valence-electron chi connectivity index (χ4n) is 3.66. The lowest BCUT2D eigenvalue weighted by Gasteiger charge is -2.38. The number of nitrogens with one attached hydrogen (secondary N) is 1. The monoisotopic (exact) mass is 372 g/mol.